The summed E-state index contributed by atoms with van der Waals surface area (Å²) in [6.45, 7) is 3.77. The molecule has 0 unspecified atom stereocenters. The topological polar surface area (TPSA) is 49.9 Å². The number of rotatable bonds is 3. The highest BCUT2D eigenvalue weighted by Gasteiger charge is 2.14. The first-order chi connectivity index (χ1) is 11.3. The van der Waals surface area contributed by atoms with Gasteiger partial charge in [-0.1, -0.05) is 29.8 Å². The molecule has 2 N–H and O–H groups in total. The Kier molecular flexibility index (Phi) is 3.75. The number of aromatic nitrogens is 2. The molecule has 4 nitrogen and oxygen atoms in total. The van der Waals surface area contributed by atoms with Gasteiger partial charge >= 0.3 is 0 Å². The van der Waals surface area contributed by atoms with Crippen LogP contribution in [0.2, 0.25) is 0 Å². The first-order valence-electron chi connectivity index (χ1n) is 8.18. The first kappa shape index (κ1) is 14.3. The molecule has 0 bridgehead atoms. The summed E-state index contributed by atoms with van der Waals surface area (Å²) in [4.78, 5) is 8.05. The zero-order valence-corrected chi connectivity index (χ0v) is 13.3. The molecular formula is C19H21N3O. The quantitative estimate of drug-likeness (QED) is 0.765. The maximum absolute atomic E-state index is 5.40. The molecule has 1 fully saturated rings. The molecule has 1 saturated heterocycles. The lowest BCUT2D eigenvalue weighted by Gasteiger charge is -2.23. The smallest absolute Gasteiger partial charge is 0.128 e. The van der Waals surface area contributed by atoms with Crippen LogP contribution in [0.25, 0.3) is 22.2 Å². The largest absolute Gasteiger partial charge is 0.381 e. The molecule has 3 heterocycles. The Bertz CT molecular complexity index is 801. The lowest BCUT2D eigenvalue weighted by atomic mass is 10.1. The number of aromatic amines is 1. The fourth-order valence-corrected chi connectivity index (χ4v) is 3.04. The number of ether oxygens (including phenoxy) is 1. The van der Waals surface area contributed by atoms with Crippen molar-refractivity contribution in [2.45, 2.75) is 25.8 Å². The van der Waals surface area contributed by atoms with E-state index in [2.05, 4.69) is 58.6 Å². The summed E-state index contributed by atoms with van der Waals surface area (Å²) in [5, 5.41) is 4.66. The molecule has 0 saturated carbocycles. The Hall–Kier alpha value is -2.33. The number of H-pyrrole nitrogens is 1. The van der Waals surface area contributed by atoms with Crippen molar-refractivity contribution < 1.29 is 4.74 Å². The van der Waals surface area contributed by atoms with Gasteiger partial charge < -0.3 is 15.0 Å². The first-order valence-corrected chi connectivity index (χ1v) is 8.18. The molecule has 23 heavy (non-hydrogen) atoms. The standard InChI is InChI=1S/C19H21N3O/c1-13-2-4-14(5-3-13)17-10-15-12-20-19(11-18(15)22-17)21-16-6-8-23-9-7-16/h2-5,10-12,16,22H,6-9H2,1H3,(H,20,21). The van der Waals surface area contributed by atoms with Crippen molar-refractivity contribution in [3.8, 4) is 11.3 Å². The van der Waals surface area contributed by atoms with E-state index in [0.29, 0.717) is 6.04 Å². The molecule has 1 aliphatic heterocycles. The monoisotopic (exact) mass is 307 g/mol. The van der Waals surface area contributed by atoms with E-state index in [9.17, 15) is 0 Å². The number of aryl methyl sites for hydroxylation is 1. The van der Waals surface area contributed by atoms with Crippen molar-refractivity contribution in [1.82, 2.24) is 9.97 Å². The number of fused-ring (bicyclic) bond motifs is 1. The van der Waals surface area contributed by atoms with E-state index in [4.69, 9.17) is 4.74 Å². The molecule has 0 amide bonds. The highest BCUT2D eigenvalue weighted by Crippen LogP contribution is 2.26. The minimum atomic E-state index is 0.459. The third-order valence-corrected chi connectivity index (χ3v) is 4.44. The van der Waals surface area contributed by atoms with Crippen LogP contribution in [-0.4, -0.2) is 29.2 Å². The third-order valence-electron chi connectivity index (χ3n) is 4.44. The van der Waals surface area contributed by atoms with E-state index in [1.165, 1.54) is 11.1 Å². The van der Waals surface area contributed by atoms with Crippen LogP contribution in [0.5, 0.6) is 0 Å². The third kappa shape index (κ3) is 3.08. The highest BCUT2D eigenvalue weighted by molar-refractivity contribution is 5.86. The normalized spacial score (nSPS) is 15.9. The molecule has 4 rings (SSSR count). The predicted molar refractivity (Wildman–Crippen MR) is 93.7 cm³/mol. The summed E-state index contributed by atoms with van der Waals surface area (Å²) < 4.78 is 5.40. The predicted octanol–water partition coefficient (Wildman–Crippen LogP) is 4.13. The van der Waals surface area contributed by atoms with Crippen molar-refractivity contribution in [3.63, 3.8) is 0 Å². The number of hydrogen-bond acceptors (Lipinski definition) is 3. The van der Waals surface area contributed by atoms with Gasteiger partial charge in [0, 0.05) is 42.6 Å². The fourth-order valence-electron chi connectivity index (χ4n) is 3.04. The minimum Gasteiger partial charge on any atom is -0.381 e. The second kappa shape index (κ2) is 6.05. The maximum Gasteiger partial charge on any atom is 0.128 e. The molecule has 4 heteroatoms. The summed E-state index contributed by atoms with van der Waals surface area (Å²) in [6.07, 6.45) is 4.02. The van der Waals surface area contributed by atoms with E-state index in [-0.39, 0.29) is 0 Å². The van der Waals surface area contributed by atoms with E-state index in [1.807, 2.05) is 6.20 Å². The van der Waals surface area contributed by atoms with Gasteiger partial charge in [-0.25, -0.2) is 4.98 Å². The van der Waals surface area contributed by atoms with Crippen molar-refractivity contribution >= 4 is 16.7 Å². The summed E-state index contributed by atoms with van der Waals surface area (Å²) in [6, 6.07) is 13.3. The van der Waals surface area contributed by atoms with Gasteiger partial charge in [0.05, 0.1) is 5.52 Å². The Morgan fingerprint density at radius 1 is 1.13 bits per heavy atom. The highest BCUT2D eigenvalue weighted by atomic mass is 16.5. The van der Waals surface area contributed by atoms with Crippen LogP contribution in [0.1, 0.15) is 18.4 Å². The van der Waals surface area contributed by atoms with Crippen LogP contribution in [0.15, 0.2) is 42.6 Å². The van der Waals surface area contributed by atoms with E-state index < -0.39 is 0 Å². The van der Waals surface area contributed by atoms with E-state index >= 15 is 0 Å². The molecule has 118 valence electrons. The van der Waals surface area contributed by atoms with Crippen molar-refractivity contribution in [3.05, 3.63) is 48.2 Å². The van der Waals surface area contributed by atoms with Gasteiger partial charge in [0.1, 0.15) is 5.82 Å². The number of anilines is 1. The summed E-state index contributed by atoms with van der Waals surface area (Å²) in [5.74, 6) is 0.932. The van der Waals surface area contributed by atoms with Crippen molar-refractivity contribution in [2.75, 3.05) is 18.5 Å². The van der Waals surface area contributed by atoms with Crippen LogP contribution in [0.3, 0.4) is 0 Å². The minimum absolute atomic E-state index is 0.459. The van der Waals surface area contributed by atoms with Crippen LogP contribution in [0.4, 0.5) is 5.82 Å². The lowest BCUT2D eigenvalue weighted by Crippen LogP contribution is -2.28. The second-order valence-corrected chi connectivity index (χ2v) is 6.24. The maximum atomic E-state index is 5.40. The van der Waals surface area contributed by atoms with Crippen LogP contribution in [0, 0.1) is 6.92 Å². The molecule has 3 aromatic rings. The van der Waals surface area contributed by atoms with Gasteiger partial charge in [0.2, 0.25) is 0 Å². The van der Waals surface area contributed by atoms with Crippen LogP contribution in [-0.2, 0) is 4.74 Å². The average Bonchev–Trinajstić information content (AvgIpc) is 3.00. The zero-order chi connectivity index (χ0) is 15.6. The number of nitrogens with one attached hydrogen (secondary N) is 2. The van der Waals surface area contributed by atoms with E-state index in [0.717, 1.165) is 48.5 Å². The molecule has 1 aromatic carbocycles. The number of nitrogens with zero attached hydrogens (tertiary/aromatic N) is 1. The molecule has 0 radical (unpaired) electrons. The molecule has 0 atom stereocenters. The summed E-state index contributed by atoms with van der Waals surface area (Å²) >= 11 is 0. The van der Waals surface area contributed by atoms with Gasteiger partial charge in [0.15, 0.2) is 0 Å². The molecule has 0 aliphatic carbocycles. The second-order valence-electron chi connectivity index (χ2n) is 6.24. The van der Waals surface area contributed by atoms with Gasteiger partial charge in [-0.3, -0.25) is 0 Å². The van der Waals surface area contributed by atoms with Crippen LogP contribution >= 0.6 is 0 Å². The molecular weight excluding hydrogens is 286 g/mol. The Labute approximate surface area is 135 Å². The number of pyridine rings is 1. The van der Waals surface area contributed by atoms with Crippen molar-refractivity contribution in [2.24, 2.45) is 0 Å². The Morgan fingerprint density at radius 3 is 2.70 bits per heavy atom. The van der Waals surface area contributed by atoms with E-state index in [1.54, 1.807) is 0 Å². The number of hydrogen-bond donors (Lipinski definition) is 2. The number of benzene rings is 1. The molecule has 2 aromatic heterocycles. The molecule has 0 spiro atoms. The van der Waals surface area contributed by atoms with Crippen LogP contribution < -0.4 is 5.32 Å². The van der Waals surface area contributed by atoms with Gasteiger partial charge in [-0.15, -0.1) is 0 Å². The fraction of sp³-hybridized carbons (Fsp3) is 0.316. The zero-order valence-electron chi connectivity index (χ0n) is 13.3. The summed E-state index contributed by atoms with van der Waals surface area (Å²) in [7, 11) is 0. The van der Waals surface area contributed by atoms with Gasteiger partial charge in [-0.05, 0) is 31.4 Å². The lowest BCUT2D eigenvalue weighted by molar-refractivity contribution is 0.0904. The van der Waals surface area contributed by atoms with Gasteiger partial charge in [0.25, 0.3) is 0 Å². The van der Waals surface area contributed by atoms with Gasteiger partial charge in [-0.2, -0.15) is 0 Å². The SMILES string of the molecule is Cc1ccc(-c2cc3cnc(NC4CCOCC4)cc3[nH]2)cc1. The average molecular weight is 307 g/mol. The Balaban J connectivity index is 1.60. The molecule has 1 aliphatic rings. The summed E-state index contributed by atoms with van der Waals surface area (Å²) in [5.41, 5.74) is 4.72. The Morgan fingerprint density at radius 2 is 1.91 bits per heavy atom. The van der Waals surface area contributed by atoms with Crippen molar-refractivity contribution in [1.29, 1.82) is 0 Å².